The average molecular weight is 207 g/mol. The monoisotopic (exact) mass is 207 g/mol. The molecule has 1 saturated carbocycles. The van der Waals surface area contributed by atoms with Gasteiger partial charge in [0.1, 0.15) is 0 Å². The molecule has 1 aromatic heterocycles. The van der Waals surface area contributed by atoms with Gasteiger partial charge in [0.25, 0.3) is 0 Å². The lowest BCUT2D eigenvalue weighted by Crippen LogP contribution is -2.12. The number of nitrogens with zero attached hydrogens (tertiary/aromatic N) is 2. The number of aryl methyl sites for hydroxylation is 1. The van der Waals surface area contributed by atoms with Crippen molar-refractivity contribution in [3.8, 4) is 0 Å². The van der Waals surface area contributed by atoms with Gasteiger partial charge in [-0.1, -0.05) is 20.8 Å². The summed E-state index contributed by atoms with van der Waals surface area (Å²) in [5.74, 6) is 1.34. The van der Waals surface area contributed by atoms with Crippen LogP contribution in [-0.4, -0.2) is 16.3 Å². The summed E-state index contributed by atoms with van der Waals surface area (Å²) in [5, 5.41) is 4.59. The summed E-state index contributed by atoms with van der Waals surface area (Å²) in [5.41, 5.74) is 8.36. The van der Waals surface area contributed by atoms with E-state index in [2.05, 4.69) is 31.9 Å². The summed E-state index contributed by atoms with van der Waals surface area (Å²) in [6.07, 6.45) is 1.24. The molecule has 2 N–H and O–H groups in total. The largest absolute Gasteiger partial charge is 0.330 e. The standard InChI is InChI=1S/C12H21N3/c1-12(2,3)11-6-10(15(4)14-11)9-5-8(9)7-13/h6,8-9H,5,7,13H2,1-4H3. The predicted molar refractivity (Wildman–Crippen MR) is 61.8 cm³/mol. The molecule has 1 fully saturated rings. The van der Waals surface area contributed by atoms with Crippen molar-refractivity contribution >= 4 is 0 Å². The van der Waals surface area contributed by atoms with E-state index in [0.29, 0.717) is 11.8 Å². The summed E-state index contributed by atoms with van der Waals surface area (Å²) in [4.78, 5) is 0. The van der Waals surface area contributed by atoms with Crippen LogP contribution in [0.3, 0.4) is 0 Å². The van der Waals surface area contributed by atoms with Crippen LogP contribution < -0.4 is 5.73 Å². The van der Waals surface area contributed by atoms with Gasteiger partial charge < -0.3 is 5.73 Å². The first-order valence-corrected chi connectivity index (χ1v) is 5.68. The molecule has 2 rings (SSSR count). The van der Waals surface area contributed by atoms with E-state index < -0.39 is 0 Å². The van der Waals surface area contributed by atoms with Gasteiger partial charge in [-0.15, -0.1) is 0 Å². The highest BCUT2D eigenvalue weighted by Crippen LogP contribution is 2.47. The molecule has 84 valence electrons. The molecule has 1 aliphatic carbocycles. The minimum absolute atomic E-state index is 0.142. The maximum Gasteiger partial charge on any atom is 0.0680 e. The highest BCUT2D eigenvalue weighted by molar-refractivity contribution is 5.25. The molecule has 0 radical (unpaired) electrons. The van der Waals surface area contributed by atoms with Gasteiger partial charge in [0.2, 0.25) is 0 Å². The lowest BCUT2D eigenvalue weighted by molar-refractivity contribution is 0.551. The van der Waals surface area contributed by atoms with E-state index >= 15 is 0 Å². The van der Waals surface area contributed by atoms with Gasteiger partial charge in [0, 0.05) is 24.1 Å². The minimum atomic E-state index is 0.142. The Hall–Kier alpha value is -0.830. The second kappa shape index (κ2) is 3.34. The number of aromatic nitrogens is 2. The Bertz CT molecular complexity index is 359. The van der Waals surface area contributed by atoms with E-state index in [1.54, 1.807) is 0 Å². The van der Waals surface area contributed by atoms with E-state index in [0.717, 1.165) is 6.54 Å². The van der Waals surface area contributed by atoms with Crippen LogP contribution in [0.15, 0.2) is 6.07 Å². The molecule has 1 heterocycles. The predicted octanol–water partition coefficient (Wildman–Crippen LogP) is 1.78. The molecule has 0 spiro atoms. The summed E-state index contributed by atoms with van der Waals surface area (Å²) in [6.45, 7) is 7.41. The van der Waals surface area contributed by atoms with Crippen LogP contribution in [0.1, 0.15) is 44.5 Å². The third-order valence-electron chi connectivity index (χ3n) is 3.29. The first-order chi connectivity index (χ1) is 6.93. The molecule has 15 heavy (non-hydrogen) atoms. The molecule has 0 aliphatic heterocycles. The van der Waals surface area contributed by atoms with Crippen molar-refractivity contribution in [2.75, 3.05) is 6.54 Å². The molecule has 1 aliphatic rings. The third kappa shape index (κ3) is 1.93. The Kier molecular flexibility index (Phi) is 2.38. The maximum absolute atomic E-state index is 5.67. The number of rotatable bonds is 2. The Morgan fingerprint density at radius 3 is 2.60 bits per heavy atom. The van der Waals surface area contributed by atoms with Crippen molar-refractivity contribution < 1.29 is 0 Å². The van der Waals surface area contributed by atoms with Crippen molar-refractivity contribution in [1.82, 2.24) is 9.78 Å². The fraction of sp³-hybridized carbons (Fsp3) is 0.750. The summed E-state index contributed by atoms with van der Waals surface area (Å²) in [7, 11) is 2.04. The first-order valence-electron chi connectivity index (χ1n) is 5.68. The van der Waals surface area contributed by atoms with Crippen LogP contribution in [0.4, 0.5) is 0 Å². The van der Waals surface area contributed by atoms with Crippen LogP contribution in [0, 0.1) is 5.92 Å². The quantitative estimate of drug-likeness (QED) is 0.803. The average Bonchev–Trinajstić information content (AvgIpc) is 2.80. The SMILES string of the molecule is Cn1nc(C(C)(C)C)cc1C1CC1CN. The van der Waals surface area contributed by atoms with E-state index in [9.17, 15) is 0 Å². The topological polar surface area (TPSA) is 43.8 Å². The minimum Gasteiger partial charge on any atom is -0.330 e. The van der Waals surface area contributed by atoms with E-state index in [1.807, 2.05) is 11.7 Å². The number of hydrogen-bond donors (Lipinski definition) is 1. The Labute approximate surface area is 91.7 Å². The van der Waals surface area contributed by atoms with E-state index in [-0.39, 0.29) is 5.41 Å². The summed E-state index contributed by atoms with van der Waals surface area (Å²) in [6, 6.07) is 2.25. The number of nitrogens with two attached hydrogens (primary N) is 1. The van der Waals surface area contributed by atoms with Gasteiger partial charge in [0.05, 0.1) is 5.69 Å². The van der Waals surface area contributed by atoms with Gasteiger partial charge in [0.15, 0.2) is 0 Å². The summed E-state index contributed by atoms with van der Waals surface area (Å²) < 4.78 is 2.03. The Morgan fingerprint density at radius 2 is 2.20 bits per heavy atom. The van der Waals surface area contributed by atoms with Crippen molar-refractivity contribution in [2.45, 2.75) is 38.5 Å². The van der Waals surface area contributed by atoms with Crippen LogP contribution in [-0.2, 0) is 12.5 Å². The van der Waals surface area contributed by atoms with Gasteiger partial charge >= 0.3 is 0 Å². The van der Waals surface area contributed by atoms with Crippen molar-refractivity contribution in [3.63, 3.8) is 0 Å². The first kappa shape index (κ1) is 10.7. The third-order valence-corrected chi connectivity index (χ3v) is 3.29. The Morgan fingerprint density at radius 1 is 1.53 bits per heavy atom. The van der Waals surface area contributed by atoms with Gasteiger partial charge in [-0.3, -0.25) is 4.68 Å². The fourth-order valence-electron chi connectivity index (χ4n) is 2.07. The van der Waals surface area contributed by atoms with Gasteiger partial charge in [-0.25, -0.2) is 0 Å². The second-order valence-corrected chi connectivity index (χ2v) is 5.67. The van der Waals surface area contributed by atoms with Crippen LogP contribution in [0.25, 0.3) is 0 Å². The zero-order valence-corrected chi connectivity index (χ0v) is 10.1. The van der Waals surface area contributed by atoms with Crippen LogP contribution in [0.5, 0.6) is 0 Å². The molecule has 2 unspecified atom stereocenters. The molecule has 3 heteroatoms. The lowest BCUT2D eigenvalue weighted by Gasteiger charge is -2.13. The number of hydrogen-bond acceptors (Lipinski definition) is 2. The molecule has 1 aromatic rings. The molecule has 0 bridgehead atoms. The molecule has 0 saturated heterocycles. The smallest absolute Gasteiger partial charge is 0.0680 e. The normalized spacial score (nSPS) is 25.7. The summed E-state index contributed by atoms with van der Waals surface area (Å²) >= 11 is 0. The molecule has 0 aromatic carbocycles. The zero-order chi connectivity index (χ0) is 11.2. The van der Waals surface area contributed by atoms with Crippen molar-refractivity contribution in [1.29, 1.82) is 0 Å². The molecular weight excluding hydrogens is 186 g/mol. The fourth-order valence-corrected chi connectivity index (χ4v) is 2.07. The van der Waals surface area contributed by atoms with Crippen molar-refractivity contribution in [3.05, 3.63) is 17.5 Å². The maximum atomic E-state index is 5.67. The van der Waals surface area contributed by atoms with E-state index in [4.69, 9.17) is 5.73 Å². The highest BCUT2D eigenvalue weighted by atomic mass is 15.3. The second-order valence-electron chi connectivity index (χ2n) is 5.67. The molecule has 0 amide bonds. The van der Waals surface area contributed by atoms with Crippen LogP contribution in [0.2, 0.25) is 0 Å². The van der Waals surface area contributed by atoms with Gasteiger partial charge in [-0.05, 0) is 24.9 Å². The van der Waals surface area contributed by atoms with E-state index in [1.165, 1.54) is 17.8 Å². The highest BCUT2D eigenvalue weighted by Gasteiger charge is 2.39. The molecular formula is C12H21N3. The Balaban J connectivity index is 2.24. The van der Waals surface area contributed by atoms with Crippen LogP contribution >= 0.6 is 0 Å². The lowest BCUT2D eigenvalue weighted by atomic mass is 9.92. The van der Waals surface area contributed by atoms with Gasteiger partial charge in [-0.2, -0.15) is 5.10 Å². The molecule has 3 nitrogen and oxygen atoms in total. The molecule has 2 atom stereocenters. The zero-order valence-electron chi connectivity index (χ0n) is 10.1. The van der Waals surface area contributed by atoms with Crippen molar-refractivity contribution in [2.24, 2.45) is 18.7 Å².